The molecule has 1 aliphatic heterocycles. The summed E-state index contributed by atoms with van der Waals surface area (Å²) in [5.74, 6) is -2.56. The molecule has 1 fully saturated rings. The molecule has 1 heterocycles. The number of esters is 4. The van der Waals surface area contributed by atoms with Gasteiger partial charge in [-0.05, 0) is 0 Å². The summed E-state index contributed by atoms with van der Waals surface area (Å²) in [7, 11) is 0. The van der Waals surface area contributed by atoms with Gasteiger partial charge in [0, 0.05) is 27.7 Å². The van der Waals surface area contributed by atoms with Crippen molar-refractivity contribution in [2.45, 2.75) is 52.3 Å². The molecule has 0 radical (unpaired) electrons. The average Bonchev–Trinajstić information content (AvgIpc) is 2.63. The van der Waals surface area contributed by atoms with E-state index >= 15 is 0 Å². The van der Waals surface area contributed by atoms with Gasteiger partial charge in [0.1, 0.15) is 12.7 Å². The van der Waals surface area contributed by atoms with Crippen molar-refractivity contribution in [3.05, 3.63) is 0 Å². The van der Waals surface area contributed by atoms with E-state index in [-0.39, 0.29) is 6.61 Å². The van der Waals surface area contributed by atoms with Crippen LogP contribution in [0.4, 0.5) is 0 Å². The number of hydrogen-bond acceptors (Lipinski definition) is 9. The molecule has 1 rings (SSSR count). The van der Waals surface area contributed by atoms with Crippen LogP contribution in [0, 0.1) is 0 Å². The Balaban J connectivity index is 2.94. The molecule has 1 saturated heterocycles. The molecule has 0 aliphatic carbocycles. The molecule has 22 heavy (non-hydrogen) atoms. The van der Waals surface area contributed by atoms with Crippen LogP contribution in [0.2, 0.25) is 0 Å². The smallest absolute Gasteiger partial charge is 0.305 e. The molecule has 0 unspecified atom stereocenters. The molecular weight excluding hydrogens is 300 g/mol. The first kappa shape index (κ1) is 17.9. The lowest BCUT2D eigenvalue weighted by molar-refractivity contribution is -0.197. The Bertz CT molecular complexity index is 458. The topological polar surface area (TPSA) is 114 Å². The van der Waals surface area contributed by atoms with Crippen molar-refractivity contribution in [1.82, 2.24) is 0 Å². The Hall–Kier alpha value is -2.16. The van der Waals surface area contributed by atoms with E-state index in [1.54, 1.807) is 0 Å². The van der Waals surface area contributed by atoms with Gasteiger partial charge in [0.15, 0.2) is 6.10 Å². The summed E-state index contributed by atoms with van der Waals surface area (Å²) in [6.07, 6.45) is -4.40. The van der Waals surface area contributed by atoms with Crippen LogP contribution in [-0.2, 0) is 42.9 Å². The highest BCUT2D eigenvalue weighted by Crippen LogP contribution is 2.28. The molecule has 9 nitrogen and oxygen atoms in total. The highest BCUT2D eigenvalue weighted by molar-refractivity contribution is 5.68. The van der Waals surface area contributed by atoms with Crippen LogP contribution in [0.15, 0.2) is 0 Å². The molecule has 0 saturated carbocycles. The van der Waals surface area contributed by atoms with Crippen LogP contribution < -0.4 is 0 Å². The van der Waals surface area contributed by atoms with Gasteiger partial charge in [-0.3, -0.25) is 19.2 Å². The second-order valence-electron chi connectivity index (χ2n) is 4.60. The maximum Gasteiger partial charge on any atom is 0.305 e. The van der Waals surface area contributed by atoms with Crippen LogP contribution in [0.3, 0.4) is 0 Å². The number of ether oxygens (including phenoxy) is 5. The van der Waals surface area contributed by atoms with Gasteiger partial charge in [-0.25, -0.2) is 0 Å². The molecule has 0 amide bonds. The normalized spacial score (nSPS) is 26.9. The van der Waals surface area contributed by atoms with Crippen molar-refractivity contribution in [3.8, 4) is 0 Å². The predicted octanol–water partition coefficient (Wildman–Crippen LogP) is -0.299. The lowest BCUT2D eigenvalue weighted by Gasteiger charge is -2.22. The van der Waals surface area contributed by atoms with Gasteiger partial charge in [0.25, 0.3) is 0 Å². The third-order valence-electron chi connectivity index (χ3n) is 2.60. The van der Waals surface area contributed by atoms with Crippen molar-refractivity contribution < 1.29 is 42.9 Å². The summed E-state index contributed by atoms with van der Waals surface area (Å²) in [5.41, 5.74) is 0. The van der Waals surface area contributed by atoms with Gasteiger partial charge >= 0.3 is 23.9 Å². The van der Waals surface area contributed by atoms with E-state index in [4.69, 9.17) is 23.7 Å². The van der Waals surface area contributed by atoms with Gasteiger partial charge in [0.2, 0.25) is 12.4 Å². The molecule has 0 aromatic heterocycles. The summed E-state index contributed by atoms with van der Waals surface area (Å²) in [6, 6.07) is 0. The second kappa shape index (κ2) is 7.74. The van der Waals surface area contributed by atoms with Crippen LogP contribution in [0.5, 0.6) is 0 Å². The number of carbonyl (C=O) groups excluding carboxylic acids is 4. The molecule has 0 spiro atoms. The zero-order valence-electron chi connectivity index (χ0n) is 12.7. The van der Waals surface area contributed by atoms with Crippen LogP contribution in [-0.4, -0.2) is 55.1 Å². The highest BCUT2D eigenvalue weighted by Gasteiger charge is 2.51. The van der Waals surface area contributed by atoms with Gasteiger partial charge in [-0.1, -0.05) is 0 Å². The van der Waals surface area contributed by atoms with Gasteiger partial charge in [0.05, 0.1) is 0 Å². The monoisotopic (exact) mass is 318 g/mol. The standard InChI is InChI=1S/C13H18O9/c1-6(14)18-5-10-11(19-7(2)15)12(20-8(3)16)13(22-10)21-9(4)17/h10-13H,5H2,1-4H3/t10-,11-,12-,13+/m0/s1. The van der Waals surface area contributed by atoms with Crippen LogP contribution >= 0.6 is 0 Å². The minimum absolute atomic E-state index is 0.247. The molecule has 0 bridgehead atoms. The van der Waals surface area contributed by atoms with Gasteiger partial charge in [-0.15, -0.1) is 0 Å². The van der Waals surface area contributed by atoms with Crippen LogP contribution in [0.1, 0.15) is 27.7 Å². The van der Waals surface area contributed by atoms with Crippen molar-refractivity contribution >= 4 is 23.9 Å². The van der Waals surface area contributed by atoms with E-state index in [2.05, 4.69) is 0 Å². The maximum absolute atomic E-state index is 11.2. The summed E-state index contributed by atoms with van der Waals surface area (Å²) in [5, 5.41) is 0. The Labute approximate surface area is 126 Å². The van der Waals surface area contributed by atoms with Crippen LogP contribution in [0.25, 0.3) is 0 Å². The molecule has 0 aromatic rings. The van der Waals surface area contributed by atoms with Crippen molar-refractivity contribution in [1.29, 1.82) is 0 Å². The fourth-order valence-electron chi connectivity index (χ4n) is 1.93. The van der Waals surface area contributed by atoms with E-state index in [1.165, 1.54) is 6.92 Å². The molecule has 1 aliphatic rings. The summed E-state index contributed by atoms with van der Waals surface area (Å²) < 4.78 is 25.2. The maximum atomic E-state index is 11.2. The highest BCUT2D eigenvalue weighted by atomic mass is 16.8. The fourth-order valence-corrected chi connectivity index (χ4v) is 1.93. The predicted molar refractivity (Wildman–Crippen MR) is 68.2 cm³/mol. The quantitative estimate of drug-likeness (QED) is 0.497. The lowest BCUT2D eigenvalue weighted by atomic mass is 10.1. The summed E-state index contributed by atoms with van der Waals surface area (Å²) in [6.45, 7) is 4.40. The van der Waals surface area contributed by atoms with E-state index in [1.807, 2.05) is 0 Å². The SMILES string of the molecule is CC(=O)OC[C@@H]1O[C@@H](OC(C)=O)[C@@H](OC(C)=O)[C@H]1OC(C)=O. The van der Waals surface area contributed by atoms with Crippen molar-refractivity contribution in [2.24, 2.45) is 0 Å². The lowest BCUT2D eigenvalue weighted by Crippen LogP contribution is -2.42. The fraction of sp³-hybridized carbons (Fsp3) is 0.692. The van der Waals surface area contributed by atoms with Gasteiger partial charge in [-0.2, -0.15) is 0 Å². The minimum Gasteiger partial charge on any atom is -0.463 e. The van der Waals surface area contributed by atoms with Gasteiger partial charge < -0.3 is 23.7 Å². The molecule has 0 N–H and O–H groups in total. The van der Waals surface area contributed by atoms with Crippen molar-refractivity contribution in [2.75, 3.05) is 6.61 Å². The average molecular weight is 318 g/mol. The number of carbonyl (C=O) groups is 4. The Kier molecular flexibility index (Phi) is 6.29. The van der Waals surface area contributed by atoms with Crippen molar-refractivity contribution in [3.63, 3.8) is 0 Å². The van der Waals surface area contributed by atoms with E-state index < -0.39 is 48.5 Å². The second-order valence-corrected chi connectivity index (χ2v) is 4.60. The largest absolute Gasteiger partial charge is 0.463 e. The Morgan fingerprint density at radius 2 is 1.27 bits per heavy atom. The van der Waals surface area contributed by atoms with E-state index in [0.717, 1.165) is 20.8 Å². The molecule has 9 heteroatoms. The first-order valence-corrected chi connectivity index (χ1v) is 6.51. The third kappa shape index (κ3) is 5.32. The summed E-state index contributed by atoms with van der Waals surface area (Å²) in [4.78, 5) is 44.4. The number of rotatable bonds is 5. The Morgan fingerprint density at radius 1 is 0.773 bits per heavy atom. The Morgan fingerprint density at radius 3 is 1.73 bits per heavy atom. The molecule has 124 valence electrons. The molecule has 0 aromatic carbocycles. The third-order valence-corrected chi connectivity index (χ3v) is 2.60. The summed E-state index contributed by atoms with van der Waals surface area (Å²) >= 11 is 0. The van der Waals surface area contributed by atoms with E-state index in [9.17, 15) is 19.2 Å². The first-order chi connectivity index (χ1) is 10.2. The number of hydrogen-bond donors (Lipinski definition) is 0. The first-order valence-electron chi connectivity index (χ1n) is 6.51. The zero-order valence-corrected chi connectivity index (χ0v) is 12.7. The minimum atomic E-state index is -1.26. The molecule has 4 atom stereocenters. The molecular formula is C13H18O9. The van der Waals surface area contributed by atoms with E-state index in [0.29, 0.717) is 0 Å². The zero-order chi connectivity index (χ0) is 16.9.